The maximum Gasteiger partial charge on any atom is 0.181 e. The van der Waals surface area contributed by atoms with Crippen LogP contribution in [0.1, 0.15) is 26.2 Å². The SMILES string of the molecule is CC[C@H](OC)OC(COC)CC(OC)OC1COC(O)C(OC)C1. The first-order valence-corrected chi connectivity index (χ1v) is 8.25. The van der Waals surface area contributed by atoms with E-state index in [1.807, 2.05) is 6.92 Å². The fraction of sp³-hybridized carbons (Fsp3) is 1.00. The second-order valence-corrected chi connectivity index (χ2v) is 5.68. The van der Waals surface area contributed by atoms with Crippen LogP contribution in [0.2, 0.25) is 0 Å². The summed E-state index contributed by atoms with van der Waals surface area (Å²) in [5.41, 5.74) is 0. The summed E-state index contributed by atoms with van der Waals surface area (Å²) in [6.45, 7) is 2.67. The lowest BCUT2D eigenvalue weighted by atomic mass is 10.1. The molecule has 1 aliphatic heterocycles. The van der Waals surface area contributed by atoms with Crippen molar-refractivity contribution in [2.75, 3.05) is 41.7 Å². The minimum atomic E-state index is -0.924. The van der Waals surface area contributed by atoms with Gasteiger partial charge in [0.25, 0.3) is 0 Å². The lowest BCUT2D eigenvalue weighted by molar-refractivity contribution is -0.262. The molecule has 0 spiro atoms. The zero-order chi connectivity index (χ0) is 17.9. The van der Waals surface area contributed by atoms with Gasteiger partial charge in [0, 0.05) is 41.3 Å². The van der Waals surface area contributed by atoms with Gasteiger partial charge in [-0.2, -0.15) is 0 Å². The van der Waals surface area contributed by atoms with Gasteiger partial charge in [0.15, 0.2) is 18.9 Å². The van der Waals surface area contributed by atoms with Crippen LogP contribution in [-0.2, 0) is 33.2 Å². The third-order valence-corrected chi connectivity index (χ3v) is 3.92. The molecule has 5 unspecified atom stereocenters. The van der Waals surface area contributed by atoms with Gasteiger partial charge in [-0.3, -0.25) is 0 Å². The van der Waals surface area contributed by atoms with Gasteiger partial charge in [0.05, 0.1) is 25.4 Å². The van der Waals surface area contributed by atoms with Crippen molar-refractivity contribution >= 4 is 0 Å². The molecule has 8 heteroatoms. The monoisotopic (exact) mass is 352 g/mol. The van der Waals surface area contributed by atoms with Crippen LogP contribution >= 0.6 is 0 Å². The smallest absolute Gasteiger partial charge is 0.181 e. The van der Waals surface area contributed by atoms with Crippen molar-refractivity contribution in [3.63, 3.8) is 0 Å². The minimum absolute atomic E-state index is 0.224. The van der Waals surface area contributed by atoms with Crippen molar-refractivity contribution < 1.29 is 38.3 Å². The van der Waals surface area contributed by atoms with Crippen LogP contribution in [0, 0.1) is 0 Å². The predicted molar refractivity (Wildman–Crippen MR) is 85.5 cm³/mol. The molecule has 0 aliphatic carbocycles. The summed E-state index contributed by atoms with van der Waals surface area (Å²) in [7, 11) is 6.34. The van der Waals surface area contributed by atoms with Crippen LogP contribution < -0.4 is 0 Å². The fourth-order valence-electron chi connectivity index (χ4n) is 2.58. The Kier molecular flexibility index (Phi) is 11.0. The molecule has 8 nitrogen and oxygen atoms in total. The predicted octanol–water partition coefficient (Wildman–Crippen LogP) is 0.902. The molecular weight excluding hydrogens is 320 g/mol. The maximum absolute atomic E-state index is 9.66. The van der Waals surface area contributed by atoms with E-state index < -0.39 is 18.7 Å². The molecule has 0 aromatic heterocycles. The van der Waals surface area contributed by atoms with Crippen LogP contribution in [0.5, 0.6) is 0 Å². The Morgan fingerprint density at radius 1 is 1.12 bits per heavy atom. The van der Waals surface area contributed by atoms with E-state index in [4.69, 9.17) is 33.2 Å². The van der Waals surface area contributed by atoms with Gasteiger partial charge >= 0.3 is 0 Å². The molecule has 1 aliphatic rings. The summed E-state index contributed by atoms with van der Waals surface area (Å²) < 4.78 is 38.1. The van der Waals surface area contributed by atoms with E-state index in [1.165, 1.54) is 7.11 Å². The number of methoxy groups -OCH3 is 4. The van der Waals surface area contributed by atoms with E-state index in [1.54, 1.807) is 21.3 Å². The standard InChI is InChI=1S/C16H32O8/c1-6-14(20-4)23-12(9-18-2)8-15(21-5)24-11-7-13(19-3)16(17)22-10-11/h11-17H,6-10H2,1-5H3/t11?,12?,13?,14-,15?,16?/m1/s1. The fourth-order valence-corrected chi connectivity index (χ4v) is 2.58. The molecule has 0 bridgehead atoms. The lowest BCUT2D eigenvalue weighted by Crippen LogP contribution is -2.45. The number of aliphatic hydroxyl groups is 1. The second-order valence-electron chi connectivity index (χ2n) is 5.68. The van der Waals surface area contributed by atoms with Crippen LogP contribution in [0.4, 0.5) is 0 Å². The Labute approximate surface area is 144 Å². The van der Waals surface area contributed by atoms with E-state index >= 15 is 0 Å². The molecule has 1 heterocycles. The molecule has 6 atom stereocenters. The first-order chi connectivity index (χ1) is 11.6. The molecule has 1 rings (SSSR count). The third kappa shape index (κ3) is 7.28. The molecular formula is C16H32O8. The maximum atomic E-state index is 9.66. The minimum Gasteiger partial charge on any atom is -0.382 e. The van der Waals surface area contributed by atoms with Gasteiger partial charge in [0.1, 0.15) is 6.10 Å². The van der Waals surface area contributed by atoms with E-state index in [0.717, 1.165) is 6.42 Å². The van der Waals surface area contributed by atoms with Crippen molar-refractivity contribution in [1.82, 2.24) is 0 Å². The first-order valence-electron chi connectivity index (χ1n) is 8.25. The number of hydrogen-bond acceptors (Lipinski definition) is 8. The van der Waals surface area contributed by atoms with E-state index in [9.17, 15) is 5.11 Å². The quantitative estimate of drug-likeness (QED) is 0.519. The molecule has 144 valence electrons. The molecule has 0 aromatic rings. The van der Waals surface area contributed by atoms with Crippen molar-refractivity contribution in [3.05, 3.63) is 0 Å². The number of aliphatic hydroxyl groups excluding tert-OH is 1. The van der Waals surface area contributed by atoms with Gasteiger partial charge in [-0.1, -0.05) is 6.92 Å². The zero-order valence-corrected chi connectivity index (χ0v) is 15.3. The highest BCUT2D eigenvalue weighted by atomic mass is 16.7. The molecule has 24 heavy (non-hydrogen) atoms. The Hall–Kier alpha value is -0.320. The largest absolute Gasteiger partial charge is 0.382 e. The number of rotatable bonds is 12. The van der Waals surface area contributed by atoms with Crippen LogP contribution in [0.15, 0.2) is 0 Å². The molecule has 0 amide bonds. The highest BCUT2D eigenvalue weighted by Gasteiger charge is 2.33. The summed E-state index contributed by atoms with van der Waals surface area (Å²) in [6.07, 6.45) is -0.815. The summed E-state index contributed by atoms with van der Waals surface area (Å²) in [4.78, 5) is 0. The van der Waals surface area contributed by atoms with Gasteiger partial charge in [-0.05, 0) is 6.42 Å². The molecule has 1 fully saturated rings. The normalized spacial score (nSPS) is 28.5. The van der Waals surface area contributed by atoms with E-state index in [2.05, 4.69) is 0 Å². The Bertz CT molecular complexity index is 312. The van der Waals surface area contributed by atoms with Gasteiger partial charge in [-0.25, -0.2) is 0 Å². The Morgan fingerprint density at radius 2 is 1.83 bits per heavy atom. The molecule has 0 aromatic carbocycles. The van der Waals surface area contributed by atoms with Gasteiger partial charge < -0.3 is 38.3 Å². The first kappa shape index (κ1) is 21.7. The van der Waals surface area contributed by atoms with Crippen molar-refractivity contribution in [3.8, 4) is 0 Å². The Balaban J connectivity index is 2.53. The number of hydrogen-bond donors (Lipinski definition) is 1. The van der Waals surface area contributed by atoms with Crippen LogP contribution in [0.3, 0.4) is 0 Å². The van der Waals surface area contributed by atoms with Crippen molar-refractivity contribution in [1.29, 1.82) is 0 Å². The summed E-state index contributed by atoms with van der Waals surface area (Å²) in [5, 5.41) is 9.66. The second kappa shape index (κ2) is 12.1. The van der Waals surface area contributed by atoms with E-state index in [-0.39, 0.29) is 25.1 Å². The zero-order valence-electron chi connectivity index (χ0n) is 15.3. The molecule has 1 N–H and O–H groups in total. The highest BCUT2D eigenvalue weighted by Crippen LogP contribution is 2.21. The average molecular weight is 352 g/mol. The molecule has 0 radical (unpaired) electrons. The summed E-state index contributed by atoms with van der Waals surface area (Å²) in [5.74, 6) is 0. The molecule has 0 saturated carbocycles. The third-order valence-electron chi connectivity index (χ3n) is 3.92. The van der Waals surface area contributed by atoms with Crippen molar-refractivity contribution in [2.45, 2.75) is 63.4 Å². The van der Waals surface area contributed by atoms with Crippen molar-refractivity contribution in [2.24, 2.45) is 0 Å². The van der Waals surface area contributed by atoms with E-state index in [0.29, 0.717) is 19.4 Å². The average Bonchev–Trinajstić information content (AvgIpc) is 2.60. The highest BCUT2D eigenvalue weighted by molar-refractivity contribution is 4.75. The summed E-state index contributed by atoms with van der Waals surface area (Å²) in [6, 6.07) is 0. The van der Waals surface area contributed by atoms with Gasteiger partial charge in [-0.15, -0.1) is 0 Å². The number of ether oxygens (including phenoxy) is 7. The van der Waals surface area contributed by atoms with Gasteiger partial charge in [0.2, 0.25) is 0 Å². The Morgan fingerprint density at radius 3 is 2.38 bits per heavy atom. The summed E-state index contributed by atoms with van der Waals surface area (Å²) >= 11 is 0. The van der Waals surface area contributed by atoms with Crippen LogP contribution in [-0.4, -0.2) is 83.9 Å². The molecule has 1 saturated heterocycles. The lowest BCUT2D eigenvalue weighted by Gasteiger charge is -2.34. The topological polar surface area (TPSA) is 84.8 Å². The van der Waals surface area contributed by atoms with Crippen LogP contribution in [0.25, 0.3) is 0 Å².